The number of aromatic hydroxyl groups is 1. The van der Waals surface area contributed by atoms with Gasteiger partial charge in [0.05, 0.1) is 25.7 Å². The first-order chi connectivity index (χ1) is 20.0. The number of amides is 3. The Hall–Kier alpha value is -2.63. The predicted molar refractivity (Wildman–Crippen MR) is 171 cm³/mol. The number of aliphatic hydroxyl groups excluding tert-OH is 1. The van der Waals surface area contributed by atoms with Gasteiger partial charge < -0.3 is 40.4 Å². The van der Waals surface area contributed by atoms with Crippen molar-refractivity contribution in [1.82, 2.24) is 16.0 Å². The lowest BCUT2D eigenvalue weighted by Crippen LogP contribution is -2.59. The van der Waals surface area contributed by atoms with Crippen LogP contribution in [0.2, 0.25) is 0 Å². The third-order valence-electron chi connectivity index (χ3n) is 6.11. The Labute approximate surface area is 279 Å². The van der Waals surface area contributed by atoms with Gasteiger partial charge in [-0.1, -0.05) is 0 Å². The number of methoxy groups -OCH3 is 1. The van der Waals surface area contributed by atoms with E-state index in [2.05, 4.69) is 47.8 Å². The number of nitrogens with one attached hydrogen (secondary N) is 3. The average molecular weight is 841 g/mol. The summed E-state index contributed by atoms with van der Waals surface area (Å²) in [4.78, 5) is 52.3. The van der Waals surface area contributed by atoms with Gasteiger partial charge in [0.1, 0.15) is 23.7 Å². The number of esters is 1. The van der Waals surface area contributed by atoms with Gasteiger partial charge in [0, 0.05) is 12.8 Å². The highest BCUT2D eigenvalue weighted by Gasteiger charge is 2.34. The van der Waals surface area contributed by atoms with Crippen molar-refractivity contribution >= 4 is 78.3 Å². The molecule has 2 aliphatic heterocycles. The maximum absolute atomic E-state index is 13.6. The van der Waals surface area contributed by atoms with Crippen molar-refractivity contribution in [3.05, 3.63) is 47.9 Å². The van der Waals surface area contributed by atoms with Gasteiger partial charge in [-0.15, -0.1) is 0 Å². The fraction of sp³-hybridized carbons (Fsp3) is 0.429. The Morgan fingerprint density at radius 2 is 1.67 bits per heavy atom. The topological polar surface area (TPSA) is 173 Å². The van der Waals surface area contributed by atoms with Crippen LogP contribution < -0.4 is 20.7 Å². The lowest BCUT2D eigenvalue weighted by Gasteiger charge is -2.27. The summed E-state index contributed by atoms with van der Waals surface area (Å²) in [5.74, 6) is -2.18. The number of ether oxygens (including phenoxy) is 3. The fourth-order valence-electron chi connectivity index (χ4n) is 4.15. The summed E-state index contributed by atoms with van der Waals surface area (Å²) >= 11 is 8.86. The number of hydrogen-bond donors (Lipinski definition) is 5. The van der Waals surface area contributed by atoms with Gasteiger partial charge in [0.15, 0.2) is 17.2 Å². The zero-order chi connectivity index (χ0) is 32.2. The van der Waals surface area contributed by atoms with E-state index >= 15 is 0 Å². The van der Waals surface area contributed by atoms with E-state index in [9.17, 15) is 29.4 Å². The molecule has 0 saturated heterocycles. The Balaban J connectivity index is 2.17. The van der Waals surface area contributed by atoms with E-state index in [4.69, 9.17) is 14.2 Å². The first kappa shape index (κ1) is 34.9. The molecule has 4 atom stereocenters. The van der Waals surface area contributed by atoms with E-state index in [0.717, 1.165) is 0 Å². The number of halogens is 3. The number of hydrogen-bond acceptors (Lipinski definition) is 9. The number of carbonyl (C=O) groups excluding carboxylic acids is 4. The zero-order valence-corrected chi connectivity index (χ0v) is 29.2. The van der Waals surface area contributed by atoms with E-state index < -0.39 is 53.7 Å². The van der Waals surface area contributed by atoms with Gasteiger partial charge in [0.2, 0.25) is 11.8 Å². The van der Waals surface area contributed by atoms with Crippen LogP contribution in [0.4, 0.5) is 4.79 Å². The number of phenolic OH excluding ortho intramolecular Hbond substituents is 1. The van der Waals surface area contributed by atoms with Crippen LogP contribution >= 0.6 is 54.5 Å². The first-order valence-corrected chi connectivity index (χ1v) is 15.7. The maximum atomic E-state index is 13.6. The molecule has 43 heavy (non-hydrogen) atoms. The highest BCUT2D eigenvalue weighted by Crippen LogP contribution is 2.42. The van der Waals surface area contributed by atoms with Crippen molar-refractivity contribution in [2.45, 2.75) is 70.4 Å². The minimum absolute atomic E-state index is 0.0160. The molecule has 3 amide bonds. The van der Waals surface area contributed by atoms with Crippen molar-refractivity contribution in [2.75, 3.05) is 7.11 Å². The van der Waals surface area contributed by atoms with Gasteiger partial charge in [-0.2, -0.15) is 0 Å². The molecule has 2 aromatic carbocycles. The van der Waals surface area contributed by atoms with Crippen molar-refractivity contribution in [1.29, 1.82) is 0 Å². The lowest BCUT2D eigenvalue weighted by molar-refractivity contribution is -0.145. The number of benzene rings is 2. The minimum Gasteiger partial charge on any atom is -0.504 e. The fourth-order valence-corrected chi connectivity index (χ4v) is 6.26. The standard InChI is InChI=1S/C28H32Br2IN3O9/c1-12(35)21-25(38)32-19(26(39)41-5)10-13-6-15(29)23(16(30)7-13)42-20-11-14(8-17(31)22(20)36)9-18(24(37)34-21)33-27(40)43-28(2,3)4/h6-8,11-12,18-19,21,35-36H,9-10H2,1-5H3,(H,32,38)(H,33,40)(H,34,37)/t12-,18+,19?,21+/m1/s1. The summed E-state index contributed by atoms with van der Waals surface area (Å²) < 4.78 is 17.7. The quantitative estimate of drug-likeness (QED) is 0.228. The van der Waals surface area contributed by atoms with Crippen molar-refractivity contribution in [3.63, 3.8) is 0 Å². The molecular weight excluding hydrogens is 809 g/mol. The minimum atomic E-state index is -1.50. The van der Waals surface area contributed by atoms with Crippen LogP contribution in [0.1, 0.15) is 38.8 Å². The highest BCUT2D eigenvalue weighted by molar-refractivity contribution is 14.1. The smallest absolute Gasteiger partial charge is 0.408 e. The van der Waals surface area contributed by atoms with Crippen LogP contribution in [0.3, 0.4) is 0 Å². The molecule has 0 aromatic heterocycles. The first-order valence-electron chi connectivity index (χ1n) is 13.0. The van der Waals surface area contributed by atoms with Gasteiger partial charge in [-0.3, -0.25) is 9.59 Å². The van der Waals surface area contributed by atoms with Gasteiger partial charge in [-0.25, -0.2) is 9.59 Å². The molecule has 0 saturated carbocycles. The molecule has 12 nitrogen and oxygen atoms in total. The van der Waals surface area contributed by atoms with Crippen LogP contribution in [-0.2, 0) is 36.7 Å². The van der Waals surface area contributed by atoms with Gasteiger partial charge in [0.25, 0.3) is 0 Å². The number of fused-ring (bicyclic) bond motifs is 10. The van der Waals surface area contributed by atoms with Crippen molar-refractivity contribution < 1.29 is 43.6 Å². The van der Waals surface area contributed by atoms with Crippen molar-refractivity contribution in [3.8, 4) is 17.2 Å². The molecule has 2 aliphatic rings. The number of phenols is 1. The van der Waals surface area contributed by atoms with E-state index in [-0.39, 0.29) is 24.3 Å². The van der Waals surface area contributed by atoms with Crippen LogP contribution in [-0.4, -0.2) is 71.0 Å². The molecule has 234 valence electrons. The Bertz CT molecular complexity index is 1390. The predicted octanol–water partition coefficient (Wildman–Crippen LogP) is 3.83. The normalized spacial score (nSPS) is 20.2. The van der Waals surface area contributed by atoms with E-state index in [0.29, 0.717) is 29.4 Å². The molecule has 0 spiro atoms. The van der Waals surface area contributed by atoms with Gasteiger partial charge in [-0.05, 0) is 118 Å². The molecule has 0 fully saturated rings. The SMILES string of the molecule is COC(=O)C1Cc2cc(Br)c(c(Br)c2)Oc2cc(cc(I)c2O)C[C@H](NC(=O)OC(C)(C)C)C(=O)N[C@@H]([C@@H](C)O)C(=O)N1. The molecule has 15 heteroatoms. The zero-order valence-electron chi connectivity index (χ0n) is 23.9. The van der Waals surface area contributed by atoms with E-state index in [1.165, 1.54) is 20.1 Å². The summed E-state index contributed by atoms with van der Waals surface area (Å²) in [5, 5.41) is 28.8. The summed E-state index contributed by atoms with van der Waals surface area (Å²) in [6.07, 6.45) is -2.40. The molecular formula is C28H32Br2IN3O9. The molecule has 0 radical (unpaired) electrons. The number of rotatable bonds is 3. The molecule has 2 heterocycles. The summed E-state index contributed by atoms with van der Waals surface area (Å²) in [6.45, 7) is 6.28. The summed E-state index contributed by atoms with van der Waals surface area (Å²) in [6, 6.07) is 2.52. The second kappa shape index (κ2) is 14.4. The second-order valence-corrected chi connectivity index (χ2v) is 13.7. The Kier molecular flexibility index (Phi) is 11.7. The molecule has 5 N–H and O–H groups in total. The molecule has 0 aliphatic carbocycles. The number of alkyl carbamates (subject to hydrolysis) is 1. The molecule has 4 rings (SSSR count). The lowest BCUT2D eigenvalue weighted by atomic mass is 10.0. The monoisotopic (exact) mass is 839 g/mol. The third-order valence-corrected chi connectivity index (χ3v) is 8.11. The second-order valence-electron chi connectivity index (χ2n) is 10.8. The average Bonchev–Trinajstić information content (AvgIpc) is 2.88. The maximum Gasteiger partial charge on any atom is 0.408 e. The highest BCUT2D eigenvalue weighted by atomic mass is 127. The molecule has 2 aromatic rings. The number of carbonyl (C=O) groups is 4. The molecule has 4 bridgehead atoms. The van der Waals surface area contributed by atoms with Crippen LogP contribution in [0.15, 0.2) is 33.2 Å². The van der Waals surface area contributed by atoms with Crippen LogP contribution in [0.25, 0.3) is 0 Å². The molecule has 1 unspecified atom stereocenters. The van der Waals surface area contributed by atoms with Crippen molar-refractivity contribution in [2.24, 2.45) is 0 Å². The van der Waals surface area contributed by atoms with Crippen LogP contribution in [0.5, 0.6) is 17.2 Å². The largest absolute Gasteiger partial charge is 0.504 e. The number of aliphatic hydroxyl groups is 1. The van der Waals surface area contributed by atoms with E-state index in [1.807, 2.05) is 22.6 Å². The third kappa shape index (κ3) is 9.43. The Morgan fingerprint density at radius 1 is 1.07 bits per heavy atom. The Morgan fingerprint density at radius 3 is 2.23 bits per heavy atom. The summed E-state index contributed by atoms with van der Waals surface area (Å²) in [7, 11) is 1.17. The van der Waals surface area contributed by atoms with Crippen LogP contribution in [0, 0.1) is 3.57 Å². The van der Waals surface area contributed by atoms with E-state index in [1.54, 1.807) is 39.0 Å². The summed E-state index contributed by atoms with van der Waals surface area (Å²) in [5.41, 5.74) is 0.219. The van der Waals surface area contributed by atoms with Gasteiger partial charge >= 0.3 is 12.1 Å².